The molecule has 3 aromatic rings. The van der Waals surface area contributed by atoms with Crippen molar-refractivity contribution in [3.05, 3.63) is 41.9 Å². The number of aromatic nitrogens is 4. The molecule has 0 aliphatic carbocycles. The number of nitrogens with zero attached hydrogens (tertiary/aromatic N) is 5. The molecule has 1 unspecified atom stereocenters. The highest BCUT2D eigenvalue weighted by molar-refractivity contribution is 5.88. The fourth-order valence-electron chi connectivity index (χ4n) is 3.42. The highest BCUT2D eigenvalue weighted by atomic mass is 19.4. The fourth-order valence-corrected chi connectivity index (χ4v) is 3.42. The van der Waals surface area contributed by atoms with Crippen LogP contribution >= 0.6 is 0 Å². The topological polar surface area (TPSA) is 109 Å². The third-order valence-electron chi connectivity index (χ3n) is 5.24. The van der Waals surface area contributed by atoms with Crippen molar-refractivity contribution in [1.29, 1.82) is 0 Å². The maximum Gasteiger partial charge on any atom is 0.416 e. The van der Waals surface area contributed by atoms with Crippen LogP contribution in [0.2, 0.25) is 0 Å². The molecular weight excluding hydrogens is 417 g/mol. The lowest BCUT2D eigenvalue weighted by Crippen LogP contribution is -2.36. The van der Waals surface area contributed by atoms with Crippen LogP contribution in [0.25, 0.3) is 11.5 Å². The molecule has 164 valence electrons. The predicted molar refractivity (Wildman–Crippen MR) is 102 cm³/mol. The van der Waals surface area contributed by atoms with Crippen molar-refractivity contribution in [3.63, 3.8) is 0 Å². The number of halogens is 3. The van der Waals surface area contributed by atoms with Crippen LogP contribution in [0.15, 0.2) is 34.9 Å². The summed E-state index contributed by atoms with van der Waals surface area (Å²) in [6.45, 7) is 1.66. The molecule has 0 spiro atoms. The van der Waals surface area contributed by atoms with E-state index < -0.39 is 17.2 Å². The number of amides is 1. The summed E-state index contributed by atoms with van der Waals surface area (Å²) in [7, 11) is 1.67. The van der Waals surface area contributed by atoms with Gasteiger partial charge >= 0.3 is 6.18 Å². The molecule has 1 aromatic carbocycles. The van der Waals surface area contributed by atoms with Gasteiger partial charge in [0.05, 0.1) is 5.56 Å². The third kappa shape index (κ3) is 3.74. The van der Waals surface area contributed by atoms with E-state index >= 15 is 0 Å². The van der Waals surface area contributed by atoms with E-state index in [0.29, 0.717) is 30.0 Å². The summed E-state index contributed by atoms with van der Waals surface area (Å²) in [5.41, 5.74) is -0.984. The van der Waals surface area contributed by atoms with Crippen LogP contribution in [0.1, 0.15) is 24.8 Å². The number of aryl methyl sites for hydroxylation is 1. The van der Waals surface area contributed by atoms with Crippen molar-refractivity contribution in [2.45, 2.75) is 24.9 Å². The van der Waals surface area contributed by atoms with E-state index in [4.69, 9.17) is 4.42 Å². The van der Waals surface area contributed by atoms with Crippen molar-refractivity contribution in [2.24, 2.45) is 7.05 Å². The van der Waals surface area contributed by atoms with Gasteiger partial charge in [-0.15, -0.1) is 10.2 Å². The van der Waals surface area contributed by atoms with Crippen molar-refractivity contribution >= 4 is 17.4 Å². The Morgan fingerprint density at radius 2 is 1.97 bits per heavy atom. The largest absolute Gasteiger partial charge is 0.419 e. The molecule has 1 atom stereocenters. The van der Waals surface area contributed by atoms with Gasteiger partial charge in [0, 0.05) is 25.5 Å². The van der Waals surface area contributed by atoms with E-state index in [1.165, 1.54) is 21.7 Å². The van der Waals surface area contributed by atoms with E-state index in [9.17, 15) is 23.1 Å². The maximum atomic E-state index is 12.8. The summed E-state index contributed by atoms with van der Waals surface area (Å²) in [6, 6.07) is 4.52. The molecule has 0 radical (unpaired) electrons. The summed E-state index contributed by atoms with van der Waals surface area (Å²) < 4.78 is 45.6. The molecule has 0 saturated carbocycles. The van der Waals surface area contributed by atoms with Crippen LogP contribution in [-0.4, -0.2) is 49.2 Å². The standard InChI is InChI=1S/C19H19F3N6O3/c1-18(7-8-28(10-29)17(18)30)16-25-24-15(31-16)13-9-27(2)26-14(13)23-12-5-3-11(4-6-12)19(20,21)22/h3-6,9,29H,7-8,10H2,1-2H3,(H,23,26). The molecule has 1 amide bonds. The van der Waals surface area contributed by atoms with Crippen LogP contribution in [0.4, 0.5) is 24.7 Å². The Kier molecular flexibility index (Phi) is 4.96. The quantitative estimate of drug-likeness (QED) is 0.633. The molecule has 0 bridgehead atoms. The molecule has 1 aliphatic rings. The molecule has 2 N–H and O–H groups in total. The van der Waals surface area contributed by atoms with Crippen molar-refractivity contribution < 1.29 is 27.5 Å². The second-order valence-corrected chi connectivity index (χ2v) is 7.47. The number of carbonyl (C=O) groups is 1. The number of benzene rings is 1. The molecule has 4 rings (SSSR count). The second-order valence-electron chi connectivity index (χ2n) is 7.47. The number of nitrogens with one attached hydrogen (secondary N) is 1. The van der Waals surface area contributed by atoms with Gasteiger partial charge in [-0.25, -0.2) is 0 Å². The lowest BCUT2D eigenvalue weighted by atomic mass is 9.89. The van der Waals surface area contributed by atoms with Crippen LogP contribution < -0.4 is 5.32 Å². The zero-order valence-corrected chi connectivity index (χ0v) is 16.6. The molecule has 9 nitrogen and oxygen atoms in total. The lowest BCUT2D eigenvalue weighted by Gasteiger charge is -2.18. The number of aliphatic hydroxyl groups excluding tert-OH is 1. The maximum absolute atomic E-state index is 12.8. The highest BCUT2D eigenvalue weighted by Crippen LogP contribution is 2.37. The Morgan fingerprint density at radius 3 is 2.58 bits per heavy atom. The van der Waals surface area contributed by atoms with Gasteiger partial charge in [-0.1, -0.05) is 0 Å². The van der Waals surface area contributed by atoms with Gasteiger partial charge in [-0.2, -0.15) is 18.3 Å². The van der Waals surface area contributed by atoms with Gasteiger partial charge in [0.1, 0.15) is 17.7 Å². The number of aliphatic hydroxyl groups is 1. The van der Waals surface area contributed by atoms with Crippen LogP contribution in [0.3, 0.4) is 0 Å². The molecule has 2 aromatic heterocycles. The first-order chi connectivity index (χ1) is 14.6. The third-order valence-corrected chi connectivity index (χ3v) is 5.24. The molecular formula is C19H19F3N6O3. The number of carbonyl (C=O) groups excluding carboxylic acids is 1. The van der Waals surface area contributed by atoms with Crippen molar-refractivity contribution in [1.82, 2.24) is 24.9 Å². The minimum Gasteiger partial charge on any atom is -0.419 e. The number of likely N-dealkylation sites (tertiary alicyclic amines) is 1. The normalized spacial score (nSPS) is 19.3. The van der Waals surface area contributed by atoms with E-state index in [-0.39, 0.29) is 24.4 Å². The zero-order valence-electron chi connectivity index (χ0n) is 16.6. The van der Waals surface area contributed by atoms with Gasteiger partial charge in [0.2, 0.25) is 11.8 Å². The molecule has 3 heterocycles. The SMILES string of the molecule is Cn1cc(-c2nnc(C3(C)CCN(CO)C3=O)o2)c(Nc2ccc(C(F)(F)F)cc2)n1. The summed E-state index contributed by atoms with van der Waals surface area (Å²) in [5.74, 6) is 0.221. The Balaban J connectivity index is 1.61. The predicted octanol–water partition coefficient (Wildman–Crippen LogP) is 2.67. The van der Waals surface area contributed by atoms with Crippen LogP contribution in [-0.2, 0) is 23.4 Å². The van der Waals surface area contributed by atoms with Crippen LogP contribution in [0.5, 0.6) is 0 Å². The Hall–Kier alpha value is -3.41. The second kappa shape index (κ2) is 7.38. The Labute approximate surface area is 174 Å². The minimum atomic E-state index is -4.42. The minimum absolute atomic E-state index is 0.106. The number of rotatable bonds is 5. The van der Waals surface area contributed by atoms with Crippen LogP contribution in [0, 0.1) is 0 Å². The summed E-state index contributed by atoms with van der Waals surface area (Å²) in [4.78, 5) is 13.8. The molecule has 1 aliphatic heterocycles. The number of hydrogen-bond donors (Lipinski definition) is 2. The first-order valence-corrected chi connectivity index (χ1v) is 9.34. The Morgan fingerprint density at radius 1 is 1.26 bits per heavy atom. The van der Waals surface area contributed by atoms with E-state index in [0.717, 1.165) is 12.1 Å². The summed E-state index contributed by atoms with van der Waals surface area (Å²) in [6.07, 6.45) is -2.39. The van der Waals surface area contributed by atoms with Gasteiger partial charge < -0.3 is 19.7 Å². The summed E-state index contributed by atoms with van der Waals surface area (Å²) in [5, 5.41) is 24.6. The molecule has 1 saturated heterocycles. The smallest absolute Gasteiger partial charge is 0.416 e. The lowest BCUT2D eigenvalue weighted by molar-refractivity contribution is -0.137. The molecule has 1 fully saturated rings. The average Bonchev–Trinajstić information content (AvgIpc) is 3.41. The monoisotopic (exact) mass is 436 g/mol. The first-order valence-electron chi connectivity index (χ1n) is 9.34. The average molecular weight is 436 g/mol. The van der Waals surface area contributed by atoms with Gasteiger partial charge in [0.25, 0.3) is 5.89 Å². The van der Waals surface area contributed by atoms with Gasteiger partial charge in [-0.05, 0) is 37.6 Å². The van der Waals surface area contributed by atoms with Gasteiger partial charge in [-0.3, -0.25) is 9.48 Å². The van der Waals surface area contributed by atoms with Crippen molar-refractivity contribution in [2.75, 3.05) is 18.6 Å². The molecule has 31 heavy (non-hydrogen) atoms. The highest BCUT2D eigenvalue weighted by Gasteiger charge is 2.48. The Bertz CT molecular complexity index is 1110. The van der Waals surface area contributed by atoms with E-state index in [1.54, 1.807) is 20.2 Å². The summed E-state index contributed by atoms with van der Waals surface area (Å²) >= 11 is 0. The number of alkyl halides is 3. The zero-order chi connectivity index (χ0) is 22.4. The first kappa shape index (κ1) is 20.8. The molecule has 12 heteroatoms. The number of anilines is 2. The fraction of sp³-hybridized carbons (Fsp3) is 0.368. The number of hydrogen-bond acceptors (Lipinski definition) is 7. The van der Waals surface area contributed by atoms with E-state index in [2.05, 4.69) is 20.6 Å². The van der Waals surface area contributed by atoms with E-state index in [1.807, 2.05) is 0 Å². The van der Waals surface area contributed by atoms with Gasteiger partial charge in [0.15, 0.2) is 5.82 Å². The van der Waals surface area contributed by atoms with Crippen molar-refractivity contribution in [3.8, 4) is 11.5 Å².